The van der Waals surface area contributed by atoms with E-state index >= 15 is 0 Å². The number of aryl methyl sites for hydroxylation is 1. The van der Waals surface area contributed by atoms with Crippen LogP contribution in [0.4, 0.5) is 17.6 Å². The third kappa shape index (κ3) is 6.27. The molecule has 2 aromatic heterocycles. The molecule has 156 valence electrons. The molecule has 0 spiro atoms. The zero-order valence-electron chi connectivity index (χ0n) is 17.2. The number of anilines is 3. The van der Waals surface area contributed by atoms with Crippen molar-refractivity contribution < 1.29 is 4.74 Å². The average Bonchev–Trinajstić information content (AvgIpc) is 3.15. The summed E-state index contributed by atoms with van der Waals surface area (Å²) in [4.78, 5) is 15.2. The van der Waals surface area contributed by atoms with Crippen LogP contribution < -0.4 is 11.1 Å². The van der Waals surface area contributed by atoms with Crippen LogP contribution in [0.2, 0.25) is 0 Å². The lowest BCUT2D eigenvalue weighted by atomic mass is 10.2. The fraction of sp³-hybridized carbons (Fsp3) is 0.333. The minimum absolute atomic E-state index is 0.166. The van der Waals surface area contributed by atoms with Crippen molar-refractivity contribution in [1.29, 1.82) is 0 Å². The van der Waals surface area contributed by atoms with Crippen molar-refractivity contribution in [2.24, 2.45) is 0 Å². The quantitative estimate of drug-likeness (QED) is 0.492. The smallest absolute Gasteiger partial charge is 0.232 e. The molecule has 0 aliphatic carbocycles. The van der Waals surface area contributed by atoms with Gasteiger partial charge in [-0.15, -0.1) is 6.42 Å². The van der Waals surface area contributed by atoms with E-state index in [0.717, 1.165) is 11.4 Å². The van der Waals surface area contributed by atoms with Gasteiger partial charge in [-0.05, 0) is 25.1 Å². The zero-order valence-corrected chi connectivity index (χ0v) is 17.2. The summed E-state index contributed by atoms with van der Waals surface area (Å²) < 4.78 is 6.97. The largest absolute Gasteiger partial charge is 0.383 e. The maximum atomic E-state index is 5.92. The molecule has 0 bridgehead atoms. The van der Waals surface area contributed by atoms with E-state index in [2.05, 4.69) is 36.2 Å². The molecule has 0 aliphatic heterocycles. The van der Waals surface area contributed by atoms with Crippen molar-refractivity contribution in [3.05, 3.63) is 53.6 Å². The minimum Gasteiger partial charge on any atom is -0.383 e. The molecule has 9 heteroatoms. The van der Waals surface area contributed by atoms with Crippen molar-refractivity contribution in [3.63, 3.8) is 0 Å². The molecule has 0 saturated heterocycles. The first-order chi connectivity index (χ1) is 14.6. The zero-order chi connectivity index (χ0) is 21.3. The summed E-state index contributed by atoms with van der Waals surface area (Å²) in [7, 11) is 1.67. The lowest BCUT2D eigenvalue weighted by molar-refractivity contribution is 0.137. The molecule has 0 saturated carbocycles. The topological polar surface area (TPSA) is 107 Å². The van der Waals surface area contributed by atoms with Crippen LogP contribution in [-0.2, 0) is 24.4 Å². The van der Waals surface area contributed by atoms with Gasteiger partial charge in [-0.25, -0.2) is 0 Å². The van der Waals surface area contributed by atoms with Crippen molar-refractivity contribution in [3.8, 4) is 12.3 Å². The van der Waals surface area contributed by atoms with Gasteiger partial charge in [-0.2, -0.15) is 20.1 Å². The number of nitrogens with one attached hydrogen (secondary N) is 1. The Balaban J connectivity index is 1.73. The fourth-order valence-electron chi connectivity index (χ4n) is 2.86. The summed E-state index contributed by atoms with van der Waals surface area (Å²) in [6.45, 7) is 4.81. The minimum atomic E-state index is 0.166. The molecule has 9 nitrogen and oxygen atoms in total. The van der Waals surface area contributed by atoms with Gasteiger partial charge in [0.1, 0.15) is 12.4 Å². The van der Waals surface area contributed by atoms with Crippen molar-refractivity contribution in [2.45, 2.75) is 26.6 Å². The number of terminal acetylenes is 1. The summed E-state index contributed by atoms with van der Waals surface area (Å²) in [6, 6.07) is 9.90. The standard InChI is InChI=1S/C21H26N8O/c1-4-10-29-11-9-18(27-29)14-28(12-13-30-3)15-19-24-20(22)26-21(25-19)23-17-7-5-16(2)6-8-17/h1,5-9,11H,10,12-15H2,2-3H3,(H3,22,23,24,25,26). The highest BCUT2D eigenvalue weighted by Crippen LogP contribution is 2.15. The van der Waals surface area contributed by atoms with Crippen molar-refractivity contribution >= 4 is 17.6 Å². The molecule has 0 aliphatic rings. The molecule has 0 fully saturated rings. The molecule has 0 unspecified atom stereocenters. The highest BCUT2D eigenvalue weighted by molar-refractivity contribution is 5.54. The predicted molar refractivity (Wildman–Crippen MR) is 116 cm³/mol. The lowest BCUT2D eigenvalue weighted by Gasteiger charge is -2.20. The number of hydrogen-bond acceptors (Lipinski definition) is 8. The van der Waals surface area contributed by atoms with Crippen LogP contribution in [0.15, 0.2) is 36.5 Å². The first kappa shape index (κ1) is 21.2. The summed E-state index contributed by atoms with van der Waals surface area (Å²) in [5.41, 5.74) is 8.88. The van der Waals surface area contributed by atoms with Crippen LogP contribution in [0, 0.1) is 19.3 Å². The third-order valence-electron chi connectivity index (χ3n) is 4.32. The number of nitrogens with zero attached hydrogens (tertiary/aromatic N) is 6. The average molecular weight is 406 g/mol. The Morgan fingerprint density at radius 3 is 2.70 bits per heavy atom. The number of ether oxygens (including phenoxy) is 1. The number of aromatic nitrogens is 5. The van der Waals surface area contributed by atoms with Crippen LogP contribution >= 0.6 is 0 Å². The van der Waals surface area contributed by atoms with Gasteiger partial charge in [0.15, 0.2) is 0 Å². The maximum absolute atomic E-state index is 5.92. The van der Waals surface area contributed by atoms with E-state index in [1.807, 2.05) is 43.5 Å². The molecule has 2 heterocycles. The second-order valence-corrected chi connectivity index (χ2v) is 6.84. The second kappa shape index (κ2) is 10.3. The van der Waals surface area contributed by atoms with Gasteiger partial charge in [-0.3, -0.25) is 9.58 Å². The van der Waals surface area contributed by atoms with Gasteiger partial charge in [0, 0.05) is 32.1 Å². The summed E-state index contributed by atoms with van der Waals surface area (Å²) in [5, 5.41) is 7.66. The van der Waals surface area contributed by atoms with E-state index in [1.54, 1.807) is 11.8 Å². The van der Waals surface area contributed by atoms with E-state index < -0.39 is 0 Å². The predicted octanol–water partition coefficient (Wildman–Crippen LogP) is 1.98. The molecule has 30 heavy (non-hydrogen) atoms. The molecule has 3 rings (SSSR count). The van der Waals surface area contributed by atoms with Crippen molar-refractivity contribution in [2.75, 3.05) is 31.3 Å². The molecular weight excluding hydrogens is 380 g/mol. The molecule has 0 atom stereocenters. The Bertz CT molecular complexity index is 993. The summed E-state index contributed by atoms with van der Waals surface area (Å²) in [6.07, 6.45) is 7.22. The van der Waals surface area contributed by atoms with Crippen LogP contribution in [-0.4, -0.2) is 49.9 Å². The number of hydrogen-bond donors (Lipinski definition) is 2. The first-order valence-electron chi connectivity index (χ1n) is 9.57. The van der Waals surface area contributed by atoms with Crippen molar-refractivity contribution in [1.82, 2.24) is 29.6 Å². The molecular formula is C21H26N8O. The fourth-order valence-corrected chi connectivity index (χ4v) is 2.86. The van der Waals surface area contributed by atoms with E-state index in [4.69, 9.17) is 16.9 Å². The molecule has 0 amide bonds. The van der Waals surface area contributed by atoms with Gasteiger partial charge in [0.2, 0.25) is 11.9 Å². The Hall–Kier alpha value is -3.48. The summed E-state index contributed by atoms with van der Waals surface area (Å²) in [5.74, 6) is 3.72. The van der Waals surface area contributed by atoms with Gasteiger partial charge in [-0.1, -0.05) is 23.6 Å². The molecule has 0 radical (unpaired) electrons. The van der Waals surface area contributed by atoms with Crippen LogP contribution in [0.25, 0.3) is 0 Å². The maximum Gasteiger partial charge on any atom is 0.232 e. The Morgan fingerprint density at radius 2 is 1.97 bits per heavy atom. The van der Waals surface area contributed by atoms with E-state index in [-0.39, 0.29) is 5.95 Å². The highest BCUT2D eigenvalue weighted by Gasteiger charge is 2.13. The first-order valence-corrected chi connectivity index (χ1v) is 9.57. The Kier molecular flexibility index (Phi) is 7.32. The Labute approximate surface area is 176 Å². The molecule has 1 aromatic carbocycles. The van der Waals surface area contributed by atoms with E-state index in [9.17, 15) is 0 Å². The number of rotatable bonds is 10. The van der Waals surface area contributed by atoms with Crippen LogP contribution in [0.1, 0.15) is 17.1 Å². The van der Waals surface area contributed by atoms with Crippen LogP contribution in [0.5, 0.6) is 0 Å². The molecule has 3 N–H and O–H groups in total. The highest BCUT2D eigenvalue weighted by atomic mass is 16.5. The van der Waals surface area contributed by atoms with Gasteiger partial charge >= 0.3 is 0 Å². The molecule has 3 aromatic rings. The second-order valence-electron chi connectivity index (χ2n) is 6.84. The Morgan fingerprint density at radius 1 is 1.17 bits per heavy atom. The third-order valence-corrected chi connectivity index (χ3v) is 4.32. The normalized spacial score (nSPS) is 10.9. The van der Waals surface area contributed by atoms with Gasteiger partial charge in [0.25, 0.3) is 0 Å². The number of nitrogen functional groups attached to an aromatic ring is 1. The number of benzene rings is 1. The van der Waals surface area contributed by atoms with E-state index in [0.29, 0.717) is 44.6 Å². The lowest BCUT2D eigenvalue weighted by Crippen LogP contribution is -2.28. The monoisotopic (exact) mass is 406 g/mol. The number of nitrogens with two attached hydrogens (primary N) is 1. The SMILES string of the molecule is C#CCn1ccc(CN(CCOC)Cc2nc(N)nc(Nc3ccc(C)cc3)n2)n1. The van der Waals surface area contributed by atoms with Gasteiger partial charge < -0.3 is 15.8 Å². The number of methoxy groups -OCH3 is 1. The van der Waals surface area contributed by atoms with E-state index in [1.165, 1.54) is 5.56 Å². The van der Waals surface area contributed by atoms with Crippen LogP contribution in [0.3, 0.4) is 0 Å². The summed E-state index contributed by atoms with van der Waals surface area (Å²) >= 11 is 0. The van der Waals surface area contributed by atoms with Gasteiger partial charge in [0.05, 0.1) is 18.8 Å².